The zero-order chi connectivity index (χ0) is 16.3. The number of aldehydes is 1. The molecule has 0 aliphatic rings. The summed E-state index contributed by atoms with van der Waals surface area (Å²) in [4.78, 5) is 45.2. The van der Waals surface area contributed by atoms with Gasteiger partial charge in [-0.15, -0.1) is 0 Å². The first kappa shape index (κ1) is 18.4. The molecule has 0 radical (unpaired) electrons. The molecule has 0 saturated carbocycles. The average Bonchev–Trinajstić information content (AvgIpc) is 2.32. The lowest BCUT2D eigenvalue weighted by atomic mass is 9.73. The van der Waals surface area contributed by atoms with Crippen LogP contribution in [0.15, 0.2) is 0 Å². The maximum Gasteiger partial charge on any atom is 0.303 e. The molecule has 114 valence electrons. The Balaban J connectivity index is 6.16. The first-order chi connectivity index (χ1) is 8.95. The van der Waals surface area contributed by atoms with Crippen molar-refractivity contribution >= 4 is 23.8 Å². The number of carbonyl (C=O) groups is 4. The fourth-order valence-corrected chi connectivity index (χ4v) is 1.84. The maximum atomic E-state index is 11.7. The number of hydrogen-bond donors (Lipinski definition) is 3. The van der Waals surface area contributed by atoms with Gasteiger partial charge in [0.15, 0.2) is 24.0 Å². The molecule has 0 aromatic carbocycles. The second-order valence-corrected chi connectivity index (χ2v) is 4.53. The van der Waals surface area contributed by atoms with Gasteiger partial charge in [0, 0.05) is 6.92 Å². The summed E-state index contributed by atoms with van der Waals surface area (Å²) in [5.41, 5.74) is -6.24. The molecule has 0 heterocycles. The van der Waals surface area contributed by atoms with Gasteiger partial charge in [-0.1, -0.05) is 0 Å². The Bertz CT molecular complexity index is 429. The Morgan fingerprint density at radius 1 is 1.10 bits per heavy atom. The van der Waals surface area contributed by atoms with E-state index in [0.717, 1.165) is 27.7 Å². The second kappa shape index (κ2) is 6.21. The molecular weight excluding hydrogens is 272 g/mol. The Morgan fingerprint density at radius 3 is 1.75 bits per heavy atom. The van der Waals surface area contributed by atoms with Gasteiger partial charge in [-0.25, -0.2) is 0 Å². The molecule has 0 aliphatic carbocycles. The van der Waals surface area contributed by atoms with E-state index in [1.165, 1.54) is 0 Å². The third-order valence-electron chi connectivity index (χ3n) is 2.97. The first-order valence-electron chi connectivity index (χ1n) is 5.73. The van der Waals surface area contributed by atoms with E-state index in [4.69, 9.17) is 0 Å². The van der Waals surface area contributed by atoms with Crippen LogP contribution in [0, 0.1) is 0 Å². The summed E-state index contributed by atoms with van der Waals surface area (Å²) in [6, 6.07) is 0. The molecule has 0 rings (SSSR count). The van der Waals surface area contributed by atoms with Crippen LogP contribution in [0.2, 0.25) is 0 Å². The van der Waals surface area contributed by atoms with Crippen molar-refractivity contribution in [1.82, 2.24) is 0 Å². The van der Waals surface area contributed by atoms with E-state index < -0.39 is 40.9 Å². The fourth-order valence-electron chi connectivity index (χ4n) is 1.84. The highest BCUT2D eigenvalue weighted by Crippen LogP contribution is 2.31. The first-order valence-corrected chi connectivity index (χ1v) is 5.73. The summed E-state index contributed by atoms with van der Waals surface area (Å²) in [5.74, 6) is -3.43. The van der Waals surface area contributed by atoms with Gasteiger partial charge in [-0.05, 0) is 20.8 Å². The van der Waals surface area contributed by atoms with Crippen molar-refractivity contribution in [3.05, 3.63) is 0 Å². The zero-order valence-electron chi connectivity index (χ0n) is 11.6. The number of carbonyl (C=O) groups excluding carboxylic acids is 4. The number of aliphatic hydroxyl groups excluding tert-OH is 1. The summed E-state index contributed by atoms with van der Waals surface area (Å²) in [5, 5.41) is 30.0. The normalized spacial score (nSPS) is 19.9. The van der Waals surface area contributed by atoms with E-state index in [9.17, 15) is 34.5 Å². The summed E-state index contributed by atoms with van der Waals surface area (Å²) < 4.78 is 4.61. The smallest absolute Gasteiger partial charge is 0.303 e. The van der Waals surface area contributed by atoms with Crippen molar-refractivity contribution in [2.24, 2.45) is 0 Å². The number of esters is 1. The predicted octanol–water partition coefficient (Wildman–Crippen LogP) is -1.86. The van der Waals surface area contributed by atoms with E-state index in [1.54, 1.807) is 0 Å². The molecule has 4 atom stereocenters. The summed E-state index contributed by atoms with van der Waals surface area (Å²) >= 11 is 0. The van der Waals surface area contributed by atoms with E-state index in [1.807, 2.05) is 0 Å². The third-order valence-corrected chi connectivity index (χ3v) is 2.97. The van der Waals surface area contributed by atoms with Gasteiger partial charge in [0.05, 0.1) is 6.10 Å². The topological polar surface area (TPSA) is 138 Å². The molecule has 3 N–H and O–H groups in total. The van der Waals surface area contributed by atoms with E-state index in [2.05, 4.69) is 4.74 Å². The van der Waals surface area contributed by atoms with Gasteiger partial charge in [0.1, 0.15) is 0 Å². The Kier molecular flexibility index (Phi) is 5.70. The largest absolute Gasteiger partial charge is 0.456 e. The lowest BCUT2D eigenvalue weighted by Crippen LogP contribution is -2.71. The SMILES string of the molecule is CC(=O)O[C@@H]([C@H](C)O)[C@](O)(C(C)=O)[C@@](O)(C=O)C(C)=O. The van der Waals surface area contributed by atoms with Gasteiger partial charge in [0.2, 0.25) is 11.2 Å². The van der Waals surface area contributed by atoms with Crippen molar-refractivity contribution < 1.29 is 39.2 Å². The van der Waals surface area contributed by atoms with Crippen LogP contribution < -0.4 is 0 Å². The van der Waals surface area contributed by atoms with Crippen LogP contribution in [0.25, 0.3) is 0 Å². The van der Waals surface area contributed by atoms with Crippen LogP contribution in [-0.2, 0) is 23.9 Å². The third kappa shape index (κ3) is 2.92. The molecule has 0 amide bonds. The van der Waals surface area contributed by atoms with E-state index in [-0.39, 0.29) is 6.29 Å². The fraction of sp³-hybridized carbons (Fsp3) is 0.667. The van der Waals surface area contributed by atoms with Gasteiger partial charge in [-0.2, -0.15) is 0 Å². The number of ketones is 2. The van der Waals surface area contributed by atoms with E-state index >= 15 is 0 Å². The van der Waals surface area contributed by atoms with Crippen molar-refractivity contribution in [2.45, 2.75) is 51.1 Å². The Hall–Kier alpha value is -1.64. The number of Topliss-reactive ketones (excluding diaryl/α,β-unsaturated/α-hetero) is 2. The van der Waals surface area contributed by atoms with Gasteiger partial charge in [0.25, 0.3) is 0 Å². The highest BCUT2D eigenvalue weighted by atomic mass is 16.6. The van der Waals surface area contributed by atoms with E-state index in [0.29, 0.717) is 0 Å². The molecule has 0 aromatic heterocycles. The molecular formula is C12H18O8. The maximum absolute atomic E-state index is 11.7. The molecule has 8 heteroatoms. The van der Waals surface area contributed by atoms with Crippen LogP contribution in [-0.4, -0.2) is 62.6 Å². The number of hydrogen-bond acceptors (Lipinski definition) is 8. The highest BCUT2D eigenvalue weighted by molar-refractivity contribution is 6.08. The van der Waals surface area contributed by atoms with Gasteiger partial charge >= 0.3 is 5.97 Å². The lowest BCUT2D eigenvalue weighted by molar-refractivity contribution is -0.218. The molecule has 0 aromatic rings. The van der Waals surface area contributed by atoms with Crippen molar-refractivity contribution in [3.8, 4) is 0 Å². The zero-order valence-corrected chi connectivity index (χ0v) is 11.6. The highest BCUT2D eigenvalue weighted by Gasteiger charge is 2.63. The molecule has 0 bridgehead atoms. The Labute approximate surface area is 115 Å². The standard InChI is InChI=1S/C12H18O8/c1-6(14)10(20-9(4)17)12(19,8(3)16)11(18,5-13)7(2)15/h5-6,10,14,18-19H,1-4H3/t6-,10-,11+,12+/m0/s1. The molecule has 0 unspecified atom stereocenters. The summed E-state index contributed by atoms with van der Waals surface area (Å²) in [7, 11) is 0. The van der Waals surface area contributed by atoms with Gasteiger partial charge in [-0.3, -0.25) is 19.2 Å². The van der Waals surface area contributed by atoms with Crippen LogP contribution in [0.5, 0.6) is 0 Å². The quantitative estimate of drug-likeness (QED) is 0.282. The summed E-state index contributed by atoms with van der Waals surface area (Å²) in [6.45, 7) is 3.56. The molecule has 20 heavy (non-hydrogen) atoms. The van der Waals surface area contributed by atoms with Crippen molar-refractivity contribution in [3.63, 3.8) is 0 Å². The van der Waals surface area contributed by atoms with Crippen molar-refractivity contribution in [1.29, 1.82) is 0 Å². The predicted molar refractivity (Wildman–Crippen MR) is 64.6 cm³/mol. The minimum atomic E-state index is -3.14. The minimum absolute atomic E-state index is 0.324. The van der Waals surface area contributed by atoms with Crippen LogP contribution in [0.4, 0.5) is 0 Å². The second-order valence-electron chi connectivity index (χ2n) is 4.53. The number of aliphatic hydroxyl groups is 3. The van der Waals surface area contributed by atoms with Gasteiger partial charge < -0.3 is 20.1 Å². The van der Waals surface area contributed by atoms with Crippen molar-refractivity contribution in [2.75, 3.05) is 0 Å². The number of rotatable bonds is 7. The monoisotopic (exact) mass is 290 g/mol. The number of ether oxygens (including phenoxy) is 1. The van der Waals surface area contributed by atoms with Crippen LogP contribution in [0.1, 0.15) is 27.7 Å². The average molecular weight is 290 g/mol. The summed E-state index contributed by atoms with van der Waals surface area (Å²) in [6.07, 6.45) is -3.94. The molecule has 0 saturated heterocycles. The van der Waals surface area contributed by atoms with Crippen LogP contribution in [0.3, 0.4) is 0 Å². The molecule has 0 spiro atoms. The minimum Gasteiger partial charge on any atom is -0.456 e. The Morgan fingerprint density at radius 2 is 1.55 bits per heavy atom. The molecule has 0 fully saturated rings. The van der Waals surface area contributed by atoms with Crippen LogP contribution >= 0.6 is 0 Å². The lowest BCUT2D eigenvalue weighted by Gasteiger charge is -2.41. The molecule has 8 nitrogen and oxygen atoms in total. The molecule has 0 aliphatic heterocycles.